The lowest BCUT2D eigenvalue weighted by Crippen LogP contribution is -2.42. The minimum atomic E-state index is -0.116. The lowest BCUT2D eigenvalue weighted by Gasteiger charge is -2.31. The third kappa shape index (κ3) is 3.73. The third-order valence-corrected chi connectivity index (χ3v) is 3.93. The highest BCUT2D eigenvalue weighted by Crippen LogP contribution is 2.20. The molecule has 0 spiro atoms. The second kappa shape index (κ2) is 6.75. The van der Waals surface area contributed by atoms with Crippen molar-refractivity contribution < 1.29 is 9.59 Å². The van der Waals surface area contributed by atoms with Gasteiger partial charge in [-0.2, -0.15) is 0 Å². The summed E-state index contributed by atoms with van der Waals surface area (Å²) in [7, 11) is 0. The van der Waals surface area contributed by atoms with Gasteiger partial charge in [-0.1, -0.05) is 18.5 Å². The fourth-order valence-electron chi connectivity index (χ4n) is 2.43. The van der Waals surface area contributed by atoms with Gasteiger partial charge in [0.1, 0.15) is 5.78 Å². The van der Waals surface area contributed by atoms with E-state index in [9.17, 15) is 9.59 Å². The summed E-state index contributed by atoms with van der Waals surface area (Å²) in [6, 6.07) is 6.91. The molecule has 1 fully saturated rings. The van der Waals surface area contributed by atoms with E-state index in [0.29, 0.717) is 30.3 Å². The topological polar surface area (TPSA) is 49.4 Å². The number of nitrogens with zero attached hydrogens (tertiary/aromatic N) is 1. The van der Waals surface area contributed by atoms with Crippen molar-refractivity contribution in [3.05, 3.63) is 29.3 Å². The molecule has 1 aromatic rings. The maximum Gasteiger partial charge on any atom is 0.321 e. The van der Waals surface area contributed by atoms with Crippen molar-refractivity contribution in [1.29, 1.82) is 0 Å². The van der Waals surface area contributed by atoms with Crippen LogP contribution in [-0.2, 0) is 4.79 Å². The van der Waals surface area contributed by atoms with Crippen LogP contribution in [0.4, 0.5) is 10.5 Å². The van der Waals surface area contributed by atoms with Crippen molar-refractivity contribution >= 4 is 29.1 Å². The molecule has 1 N–H and O–H groups in total. The summed E-state index contributed by atoms with van der Waals surface area (Å²) < 4.78 is 0. The molecule has 0 radical (unpaired) electrons. The van der Waals surface area contributed by atoms with E-state index in [2.05, 4.69) is 5.32 Å². The molecule has 0 atom stereocenters. The summed E-state index contributed by atoms with van der Waals surface area (Å²) in [5, 5.41) is 3.48. The van der Waals surface area contributed by atoms with Gasteiger partial charge in [-0.25, -0.2) is 4.79 Å². The van der Waals surface area contributed by atoms with Gasteiger partial charge in [0.2, 0.25) is 0 Å². The molecule has 1 aliphatic rings. The Balaban J connectivity index is 1.85. The van der Waals surface area contributed by atoms with E-state index in [-0.39, 0.29) is 11.9 Å². The van der Waals surface area contributed by atoms with Crippen LogP contribution in [0.15, 0.2) is 24.3 Å². The van der Waals surface area contributed by atoms with Gasteiger partial charge in [0.25, 0.3) is 0 Å². The summed E-state index contributed by atoms with van der Waals surface area (Å²) in [6.45, 7) is 3.16. The van der Waals surface area contributed by atoms with Crippen molar-refractivity contribution in [2.45, 2.75) is 26.2 Å². The van der Waals surface area contributed by atoms with E-state index < -0.39 is 0 Å². The van der Waals surface area contributed by atoms with E-state index in [1.54, 1.807) is 29.2 Å². The minimum Gasteiger partial charge on any atom is -0.324 e. The maximum atomic E-state index is 12.1. The van der Waals surface area contributed by atoms with E-state index in [1.807, 2.05) is 6.92 Å². The fraction of sp³-hybridized carbons (Fsp3) is 0.467. The van der Waals surface area contributed by atoms with Gasteiger partial charge >= 0.3 is 6.03 Å². The van der Waals surface area contributed by atoms with Crippen LogP contribution >= 0.6 is 11.6 Å². The largest absolute Gasteiger partial charge is 0.324 e. The van der Waals surface area contributed by atoms with Crippen molar-refractivity contribution in [3.63, 3.8) is 0 Å². The molecule has 2 rings (SSSR count). The summed E-state index contributed by atoms with van der Waals surface area (Å²) in [5.74, 6) is 0.433. The Kier molecular flexibility index (Phi) is 5.01. The van der Waals surface area contributed by atoms with Gasteiger partial charge in [0.05, 0.1) is 0 Å². The molecule has 20 heavy (non-hydrogen) atoms. The first-order chi connectivity index (χ1) is 9.60. The Morgan fingerprint density at radius 3 is 2.40 bits per heavy atom. The first-order valence-electron chi connectivity index (χ1n) is 6.94. The van der Waals surface area contributed by atoms with Gasteiger partial charge < -0.3 is 10.2 Å². The Bertz CT molecular complexity index is 479. The van der Waals surface area contributed by atoms with Crippen LogP contribution in [-0.4, -0.2) is 29.8 Å². The molecule has 2 amide bonds. The number of hydrogen-bond acceptors (Lipinski definition) is 2. The highest BCUT2D eigenvalue weighted by Gasteiger charge is 2.26. The van der Waals surface area contributed by atoms with Crippen molar-refractivity contribution in [3.8, 4) is 0 Å². The first kappa shape index (κ1) is 14.9. The molecule has 1 aromatic carbocycles. The van der Waals surface area contributed by atoms with Gasteiger partial charge in [0, 0.05) is 36.1 Å². The number of likely N-dealkylation sites (tertiary alicyclic amines) is 1. The third-order valence-electron chi connectivity index (χ3n) is 3.68. The number of anilines is 1. The molecule has 0 bridgehead atoms. The molecule has 1 saturated heterocycles. The molecule has 0 aromatic heterocycles. The number of rotatable bonds is 3. The monoisotopic (exact) mass is 294 g/mol. The van der Waals surface area contributed by atoms with Crippen LogP contribution in [0.2, 0.25) is 5.02 Å². The van der Waals surface area contributed by atoms with Crippen LogP contribution in [0.1, 0.15) is 26.2 Å². The number of amides is 2. The summed E-state index contributed by atoms with van der Waals surface area (Å²) in [6.07, 6.45) is 2.11. The number of benzene rings is 1. The normalized spacial score (nSPS) is 16.0. The number of piperidine rings is 1. The highest BCUT2D eigenvalue weighted by molar-refractivity contribution is 6.30. The van der Waals surface area contributed by atoms with Crippen molar-refractivity contribution in [2.75, 3.05) is 18.4 Å². The predicted octanol–water partition coefficient (Wildman–Crippen LogP) is 3.56. The van der Waals surface area contributed by atoms with Crippen LogP contribution in [0.3, 0.4) is 0 Å². The van der Waals surface area contributed by atoms with Crippen molar-refractivity contribution in [1.82, 2.24) is 4.90 Å². The number of carbonyl (C=O) groups is 2. The van der Waals surface area contributed by atoms with Gasteiger partial charge in [-0.05, 0) is 37.1 Å². The zero-order valence-corrected chi connectivity index (χ0v) is 12.3. The predicted molar refractivity (Wildman–Crippen MR) is 80.1 cm³/mol. The lowest BCUT2D eigenvalue weighted by atomic mass is 9.91. The molecule has 4 nitrogen and oxygen atoms in total. The van der Waals surface area contributed by atoms with Crippen molar-refractivity contribution in [2.24, 2.45) is 5.92 Å². The fourth-order valence-corrected chi connectivity index (χ4v) is 2.55. The quantitative estimate of drug-likeness (QED) is 0.926. The Morgan fingerprint density at radius 2 is 1.85 bits per heavy atom. The average molecular weight is 295 g/mol. The molecule has 0 aliphatic carbocycles. The SMILES string of the molecule is CCC(=O)C1CCN(C(=O)Nc2ccc(Cl)cc2)CC1. The first-order valence-corrected chi connectivity index (χ1v) is 7.32. The lowest BCUT2D eigenvalue weighted by molar-refractivity contribution is -0.123. The number of Topliss-reactive ketones (excluding diaryl/α,β-unsaturated/α-hetero) is 1. The van der Waals surface area contributed by atoms with Crippen LogP contribution in [0.25, 0.3) is 0 Å². The second-order valence-corrected chi connectivity index (χ2v) is 5.45. The Hall–Kier alpha value is -1.55. The number of hydrogen-bond donors (Lipinski definition) is 1. The molecule has 0 saturated carbocycles. The number of halogens is 1. The van der Waals surface area contributed by atoms with E-state index in [0.717, 1.165) is 18.5 Å². The van der Waals surface area contributed by atoms with E-state index in [1.165, 1.54) is 0 Å². The van der Waals surface area contributed by atoms with Gasteiger partial charge in [-0.15, -0.1) is 0 Å². The summed E-state index contributed by atoms with van der Waals surface area (Å²) >= 11 is 5.80. The van der Waals surface area contributed by atoms with Gasteiger partial charge in [0.15, 0.2) is 0 Å². The molecular formula is C15H19ClN2O2. The molecule has 5 heteroatoms. The maximum absolute atomic E-state index is 12.1. The Labute approximate surface area is 124 Å². The number of carbonyl (C=O) groups excluding carboxylic acids is 2. The Morgan fingerprint density at radius 1 is 1.25 bits per heavy atom. The smallest absolute Gasteiger partial charge is 0.321 e. The molecule has 1 heterocycles. The highest BCUT2D eigenvalue weighted by atomic mass is 35.5. The summed E-state index contributed by atoms with van der Waals surface area (Å²) in [5.41, 5.74) is 0.728. The molecular weight excluding hydrogens is 276 g/mol. The second-order valence-electron chi connectivity index (χ2n) is 5.02. The zero-order valence-electron chi connectivity index (χ0n) is 11.6. The van der Waals surface area contributed by atoms with Crippen LogP contribution in [0.5, 0.6) is 0 Å². The molecule has 108 valence electrons. The summed E-state index contributed by atoms with van der Waals surface area (Å²) in [4.78, 5) is 25.5. The zero-order chi connectivity index (χ0) is 14.5. The minimum absolute atomic E-state index is 0.116. The van der Waals surface area contributed by atoms with Crippen LogP contribution in [0, 0.1) is 5.92 Å². The van der Waals surface area contributed by atoms with E-state index in [4.69, 9.17) is 11.6 Å². The van der Waals surface area contributed by atoms with E-state index >= 15 is 0 Å². The standard InChI is InChI=1S/C15H19ClN2O2/c1-2-14(19)11-7-9-18(10-8-11)15(20)17-13-5-3-12(16)4-6-13/h3-6,11H,2,7-10H2,1H3,(H,17,20). The van der Waals surface area contributed by atoms with Crippen LogP contribution < -0.4 is 5.32 Å². The number of ketones is 1. The number of nitrogens with one attached hydrogen (secondary N) is 1. The average Bonchev–Trinajstić information content (AvgIpc) is 2.49. The number of urea groups is 1. The molecule has 0 unspecified atom stereocenters. The van der Waals surface area contributed by atoms with Gasteiger partial charge in [-0.3, -0.25) is 4.79 Å². The molecule has 1 aliphatic heterocycles.